The third-order valence-corrected chi connectivity index (χ3v) is 6.93. The Labute approximate surface area is 202 Å². The molecule has 0 bridgehead atoms. The lowest BCUT2D eigenvalue weighted by atomic mass is 9.93. The molecule has 1 saturated heterocycles. The number of fused-ring (bicyclic) bond motifs is 1. The molecule has 0 saturated carbocycles. The number of benzene rings is 1. The summed E-state index contributed by atoms with van der Waals surface area (Å²) in [5.74, 6) is 1.57. The number of hydrogen-bond donors (Lipinski definition) is 3. The van der Waals surface area contributed by atoms with Gasteiger partial charge in [0.05, 0.1) is 23.7 Å². The minimum Gasteiger partial charge on any atom is -0.494 e. The van der Waals surface area contributed by atoms with Gasteiger partial charge in [0.2, 0.25) is 5.91 Å². The summed E-state index contributed by atoms with van der Waals surface area (Å²) in [5, 5.41) is 16.3. The number of rotatable bonds is 9. The van der Waals surface area contributed by atoms with Crippen molar-refractivity contribution in [2.24, 2.45) is 5.92 Å². The van der Waals surface area contributed by atoms with Gasteiger partial charge in [-0.1, -0.05) is 12.1 Å². The van der Waals surface area contributed by atoms with Gasteiger partial charge in [-0.2, -0.15) is 5.10 Å². The molecule has 1 amide bonds. The fourth-order valence-corrected chi connectivity index (χ4v) is 5.14. The second kappa shape index (κ2) is 10.8. The minimum absolute atomic E-state index is 0.0641. The van der Waals surface area contributed by atoms with E-state index in [9.17, 15) is 4.79 Å². The van der Waals surface area contributed by atoms with E-state index in [4.69, 9.17) is 4.74 Å². The van der Waals surface area contributed by atoms with Gasteiger partial charge in [0, 0.05) is 23.3 Å². The molecule has 1 fully saturated rings. The number of ether oxygens (including phenoxy) is 1. The van der Waals surface area contributed by atoms with Crippen molar-refractivity contribution in [2.45, 2.75) is 32.1 Å². The molecule has 1 aromatic carbocycles. The maximum Gasteiger partial charge on any atom is 0.229 e. The standard InChI is InChI=1S/C25H28N6O2S/c32-21(29-22-15-19(16-34-22)23-24-25(31-30-23)28-11-10-27-24)14-18-3-1-5-20(13-18)33-12-2-4-17-6-8-26-9-7-17/h1,3,5,10-11,13,15-17,26H,2,4,6-9,12,14H2,(H,29,32)(H,28,30,31). The number of nitrogens with one attached hydrogen (secondary N) is 3. The van der Waals surface area contributed by atoms with E-state index in [-0.39, 0.29) is 12.3 Å². The summed E-state index contributed by atoms with van der Waals surface area (Å²) in [6, 6.07) is 9.73. The van der Waals surface area contributed by atoms with Crippen LogP contribution in [0, 0.1) is 5.92 Å². The molecule has 0 radical (unpaired) electrons. The summed E-state index contributed by atoms with van der Waals surface area (Å²) in [4.78, 5) is 21.2. The quantitative estimate of drug-likeness (QED) is 0.309. The second-order valence-electron chi connectivity index (χ2n) is 8.58. The predicted molar refractivity (Wildman–Crippen MR) is 134 cm³/mol. The van der Waals surface area contributed by atoms with Crippen molar-refractivity contribution in [1.82, 2.24) is 25.5 Å². The van der Waals surface area contributed by atoms with E-state index in [0.717, 1.165) is 53.0 Å². The lowest BCUT2D eigenvalue weighted by molar-refractivity contribution is -0.115. The minimum atomic E-state index is -0.0641. The normalized spacial score (nSPS) is 14.4. The highest BCUT2D eigenvalue weighted by Crippen LogP contribution is 2.31. The first-order chi connectivity index (χ1) is 16.7. The molecule has 1 aliphatic rings. The molecule has 8 nitrogen and oxygen atoms in total. The Balaban J connectivity index is 1.12. The Morgan fingerprint density at radius 3 is 2.97 bits per heavy atom. The summed E-state index contributed by atoms with van der Waals surface area (Å²) in [6.45, 7) is 2.98. The zero-order valence-corrected chi connectivity index (χ0v) is 19.7. The average Bonchev–Trinajstić information content (AvgIpc) is 3.49. The first-order valence-corrected chi connectivity index (χ1v) is 12.6. The van der Waals surface area contributed by atoms with Crippen LogP contribution >= 0.6 is 11.3 Å². The van der Waals surface area contributed by atoms with E-state index in [1.165, 1.54) is 30.6 Å². The van der Waals surface area contributed by atoms with Gasteiger partial charge in [-0.05, 0) is 68.5 Å². The number of H-pyrrole nitrogens is 1. The summed E-state index contributed by atoms with van der Waals surface area (Å²) >= 11 is 1.47. The molecule has 0 aliphatic carbocycles. The van der Waals surface area contributed by atoms with Gasteiger partial charge in [-0.25, -0.2) is 9.97 Å². The molecular formula is C25H28N6O2S. The summed E-state index contributed by atoms with van der Waals surface area (Å²) < 4.78 is 5.95. The highest BCUT2D eigenvalue weighted by atomic mass is 32.1. The van der Waals surface area contributed by atoms with Crippen LogP contribution in [0.4, 0.5) is 5.00 Å². The van der Waals surface area contributed by atoms with Crippen LogP contribution < -0.4 is 15.4 Å². The van der Waals surface area contributed by atoms with Crippen LogP contribution in [0.3, 0.4) is 0 Å². The predicted octanol–water partition coefficient (Wildman–Crippen LogP) is 4.42. The van der Waals surface area contributed by atoms with Crippen molar-refractivity contribution >= 4 is 33.4 Å². The topological polar surface area (TPSA) is 105 Å². The highest BCUT2D eigenvalue weighted by Gasteiger charge is 2.14. The van der Waals surface area contributed by atoms with Gasteiger partial charge in [0.25, 0.3) is 0 Å². The molecule has 4 aromatic rings. The number of hydrogen-bond acceptors (Lipinski definition) is 7. The number of nitrogens with zero attached hydrogens (tertiary/aromatic N) is 3. The van der Waals surface area contributed by atoms with E-state index in [2.05, 4.69) is 30.8 Å². The molecule has 0 unspecified atom stereocenters. The van der Waals surface area contributed by atoms with Crippen molar-refractivity contribution in [3.63, 3.8) is 0 Å². The number of aromatic amines is 1. The first kappa shape index (κ1) is 22.5. The van der Waals surface area contributed by atoms with Crippen molar-refractivity contribution < 1.29 is 9.53 Å². The number of amides is 1. The zero-order chi connectivity index (χ0) is 23.2. The number of carbonyl (C=O) groups excluding carboxylic acids is 1. The van der Waals surface area contributed by atoms with Crippen molar-refractivity contribution in [2.75, 3.05) is 25.0 Å². The van der Waals surface area contributed by atoms with Crippen LogP contribution in [0.2, 0.25) is 0 Å². The third kappa shape index (κ3) is 5.60. The molecule has 176 valence electrons. The Bertz CT molecular complexity index is 1250. The Kier molecular flexibility index (Phi) is 7.11. The summed E-state index contributed by atoms with van der Waals surface area (Å²) in [6.07, 6.45) is 8.36. The van der Waals surface area contributed by atoms with Crippen LogP contribution in [0.25, 0.3) is 22.4 Å². The fraction of sp³-hybridized carbons (Fsp3) is 0.360. The molecule has 9 heteroatoms. The van der Waals surface area contributed by atoms with E-state index in [0.29, 0.717) is 17.8 Å². The van der Waals surface area contributed by atoms with Crippen molar-refractivity contribution in [1.29, 1.82) is 0 Å². The number of aromatic nitrogens is 4. The molecule has 5 rings (SSSR count). The van der Waals surface area contributed by atoms with Crippen LogP contribution in [0.15, 0.2) is 48.1 Å². The molecule has 0 spiro atoms. The maximum atomic E-state index is 12.6. The SMILES string of the molecule is O=C(Cc1cccc(OCCCC2CCNCC2)c1)Nc1cc(-c2[nH]nc3nccnc23)cs1. The Morgan fingerprint density at radius 2 is 2.06 bits per heavy atom. The Hall–Kier alpha value is -3.30. The van der Waals surface area contributed by atoms with Crippen LogP contribution in [-0.2, 0) is 11.2 Å². The van der Waals surface area contributed by atoms with E-state index < -0.39 is 0 Å². The molecule has 3 aromatic heterocycles. The van der Waals surface area contributed by atoms with Gasteiger partial charge in [0.15, 0.2) is 5.65 Å². The third-order valence-electron chi connectivity index (χ3n) is 6.09. The largest absolute Gasteiger partial charge is 0.494 e. The van der Waals surface area contributed by atoms with Gasteiger partial charge in [0.1, 0.15) is 11.3 Å². The highest BCUT2D eigenvalue weighted by molar-refractivity contribution is 7.14. The molecular weight excluding hydrogens is 448 g/mol. The maximum absolute atomic E-state index is 12.6. The lowest BCUT2D eigenvalue weighted by Crippen LogP contribution is -2.27. The van der Waals surface area contributed by atoms with Crippen molar-refractivity contribution in [3.05, 3.63) is 53.7 Å². The van der Waals surface area contributed by atoms with Crippen LogP contribution in [-0.4, -0.2) is 45.8 Å². The van der Waals surface area contributed by atoms with Gasteiger partial charge in [-0.15, -0.1) is 11.3 Å². The van der Waals surface area contributed by atoms with Gasteiger partial charge < -0.3 is 15.4 Å². The van der Waals surface area contributed by atoms with Gasteiger partial charge >= 0.3 is 0 Å². The zero-order valence-electron chi connectivity index (χ0n) is 18.9. The van der Waals surface area contributed by atoms with E-state index in [1.807, 2.05) is 35.7 Å². The van der Waals surface area contributed by atoms with Crippen LogP contribution in [0.5, 0.6) is 5.75 Å². The van der Waals surface area contributed by atoms with Gasteiger partial charge in [-0.3, -0.25) is 9.89 Å². The smallest absolute Gasteiger partial charge is 0.229 e. The molecule has 3 N–H and O–H groups in total. The van der Waals surface area contributed by atoms with E-state index >= 15 is 0 Å². The lowest BCUT2D eigenvalue weighted by Gasteiger charge is -2.22. The van der Waals surface area contributed by atoms with E-state index in [1.54, 1.807) is 12.4 Å². The molecule has 34 heavy (non-hydrogen) atoms. The first-order valence-electron chi connectivity index (χ1n) is 11.7. The molecule has 1 aliphatic heterocycles. The van der Waals surface area contributed by atoms with Crippen molar-refractivity contribution in [3.8, 4) is 17.0 Å². The number of thiophene rings is 1. The summed E-state index contributed by atoms with van der Waals surface area (Å²) in [7, 11) is 0. The Morgan fingerprint density at radius 1 is 1.18 bits per heavy atom. The molecule has 4 heterocycles. The number of piperidine rings is 1. The average molecular weight is 477 g/mol. The fourth-order valence-electron chi connectivity index (χ4n) is 4.33. The molecule has 0 atom stereocenters. The van der Waals surface area contributed by atoms with Crippen LogP contribution in [0.1, 0.15) is 31.2 Å². The monoisotopic (exact) mass is 476 g/mol. The second-order valence-corrected chi connectivity index (χ2v) is 9.49. The number of carbonyl (C=O) groups is 1. The number of anilines is 1. The summed E-state index contributed by atoms with van der Waals surface area (Å²) in [5.41, 5.74) is 3.93.